The Kier molecular flexibility index (Phi) is 4.59. The molecule has 0 saturated carbocycles. The number of likely N-dealkylation sites (tertiary alicyclic amines) is 1. The molecule has 0 spiro atoms. The quantitative estimate of drug-likeness (QED) is 0.864. The lowest BCUT2D eigenvalue weighted by molar-refractivity contribution is -0.136. The molecule has 2 unspecified atom stereocenters. The van der Waals surface area contributed by atoms with Gasteiger partial charge < -0.3 is 10.2 Å². The molecule has 2 aliphatic heterocycles. The molecule has 2 saturated heterocycles. The summed E-state index contributed by atoms with van der Waals surface area (Å²) in [7, 11) is 0. The lowest BCUT2D eigenvalue weighted by atomic mass is 9.89. The van der Waals surface area contributed by atoms with Crippen molar-refractivity contribution in [1.29, 1.82) is 0 Å². The standard InChI is InChI=1S/C17H21F3N2O2S/c1-16(2,12-6-7-13(25-12)17(18,19)20)15(24)22-8-10-4-3-5-14(23)21-11(10)9-22/h6-7,10-11H,3-5,8-9H2,1-2H3,(H,21,23). The second-order valence-electron chi connectivity index (χ2n) is 7.32. The van der Waals surface area contributed by atoms with Crippen LogP contribution in [0.2, 0.25) is 0 Å². The molecule has 1 aromatic heterocycles. The van der Waals surface area contributed by atoms with E-state index in [1.165, 1.54) is 6.07 Å². The minimum absolute atomic E-state index is 0.00846. The molecular weight excluding hydrogens is 353 g/mol. The summed E-state index contributed by atoms with van der Waals surface area (Å²) >= 11 is 0.621. The molecule has 0 radical (unpaired) electrons. The SMILES string of the molecule is CC(C)(C(=O)N1CC2CCCC(=O)NC2C1)c1ccc(C(F)(F)F)s1. The molecular formula is C17H21F3N2O2S. The van der Waals surface area contributed by atoms with Crippen molar-refractivity contribution in [1.82, 2.24) is 10.2 Å². The molecule has 8 heteroatoms. The van der Waals surface area contributed by atoms with Crippen molar-refractivity contribution < 1.29 is 22.8 Å². The monoisotopic (exact) mass is 374 g/mol. The van der Waals surface area contributed by atoms with Gasteiger partial charge in [-0.3, -0.25) is 9.59 Å². The minimum atomic E-state index is -4.40. The Morgan fingerprint density at radius 3 is 2.56 bits per heavy atom. The summed E-state index contributed by atoms with van der Waals surface area (Å²) in [6.07, 6.45) is -2.20. The predicted octanol–water partition coefficient (Wildman–Crippen LogP) is 3.17. The topological polar surface area (TPSA) is 49.4 Å². The van der Waals surface area contributed by atoms with Gasteiger partial charge in [-0.05, 0) is 44.7 Å². The van der Waals surface area contributed by atoms with Gasteiger partial charge >= 0.3 is 6.18 Å². The van der Waals surface area contributed by atoms with Gasteiger partial charge in [-0.1, -0.05) is 0 Å². The van der Waals surface area contributed by atoms with Crippen LogP contribution in [-0.4, -0.2) is 35.8 Å². The van der Waals surface area contributed by atoms with Gasteiger partial charge in [0, 0.05) is 24.4 Å². The molecule has 25 heavy (non-hydrogen) atoms. The molecule has 2 fully saturated rings. The number of carbonyl (C=O) groups excluding carboxylic acids is 2. The van der Waals surface area contributed by atoms with E-state index in [2.05, 4.69) is 5.32 Å². The number of nitrogens with zero attached hydrogens (tertiary/aromatic N) is 1. The largest absolute Gasteiger partial charge is 0.425 e. The Labute approximate surface area is 148 Å². The van der Waals surface area contributed by atoms with E-state index in [1.807, 2.05) is 0 Å². The lowest BCUT2D eigenvalue weighted by Gasteiger charge is -2.28. The van der Waals surface area contributed by atoms with Crippen LogP contribution in [0.4, 0.5) is 13.2 Å². The highest BCUT2D eigenvalue weighted by Crippen LogP contribution is 2.40. The van der Waals surface area contributed by atoms with Crippen LogP contribution in [0.25, 0.3) is 0 Å². The number of thiophene rings is 1. The number of carbonyl (C=O) groups is 2. The number of fused-ring (bicyclic) bond motifs is 1. The number of hydrogen-bond donors (Lipinski definition) is 1. The van der Waals surface area contributed by atoms with Crippen molar-refractivity contribution in [2.75, 3.05) is 13.1 Å². The van der Waals surface area contributed by atoms with Crippen LogP contribution in [0.5, 0.6) is 0 Å². The van der Waals surface area contributed by atoms with E-state index in [0.29, 0.717) is 35.7 Å². The normalized spacial score (nSPS) is 24.7. The third-order valence-corrected chi connectivity index (χ3v) is 6.54. The van der Waals surface area contributed by atoms with Crippen LogP contribution in [-0.2, 0) is 21.2 Å². The maximum absolute atomic E-state index is 13.0. The first kappa shape index (κ1) is 18.2. The van der Waals surface area contributed by atoms with Crippen LogP contribution >= 0.6 is 11.3 Å². The summed E-state index contributed by atoms with van der Waals surface area (Å²) in [4.78, 5) is 26.1. The van der Waals surface area contributed by atoms with Crippen LogP contribution in [0, 0.1) is 5.92 Å². The van der Waals surface area contributed by atoms with Gasteiger partial charge in [-0.15, -0.1) is 11.3 Å². The van der Waals surface area contributed by atoms with E-state index in [0.717, 1.165) is 18.9 Å². The summed E-state index contributed by atoms with van der Waals surface area (Å²) in [5.41, 5.74) is -1.03. The molecule has 1 aromatic rings. The molecule has 1 N–H and O–H groups in total. The Bertz CT molecular complexity index is 684. The van der Waals surface area contributed by atoms with Crippen LogP contribution < -0.4 is 5.32 Å². The lowest BCUT2D eigenvalue weighted by Crippen LogP contribution is -2.44. The molecule has 3 heterocycles. The van der Waals surface area contributed by atoms with Gasteiger partial charge in [0.2, 0.25) is 11.8 Å². The molecule has 4 nitrogen and oxygen atoms in total. The number of halogens is 3. The zero-order valence-corrected chi connectivity index (χ0v) is 15.0. The van der Waals surface area contributed by atoms with E-state index in [4.69, 9.17) is 0 Å². The van der Waals surface area contributed by atoms with Gasteiger partial charge in [-0.25, -0.2) is 0 Å². The van der Waals surface area contributed by atoms with Crippen LogP contribution in [0.1, 0.15) is 42.9 Å². The van der Waals surface area contributed by atoms with Crippen molar-refractivity contribution >= 4 is 23.2 Å². The fourth-order valence-corrected chi connectivity index (χ4v) is 4.59. The fourth-order valence-electron chi connectivity index (χ4n) is 3.62. The number of amides is 2. The van der Waals surface area contributed by atoms with E-state index in [9.17, 15) is 22.8 Å². The second-order valence-corrected chi connectivity index (χ2v) is 8.41. The third kappa shape index (κ3) is 3.54. The molecule has 0 bridgehead atoms. The van der Waals surface area contributed by atoms with Crippen molar-refractivity contribution in [3.63, 3.8) is 0 Å². The number of nitrogens with one attached hydrogen (secondary N) is 1. The minimum Gasteiger partial charge on any atom is -0.351 e. The van der Waals surface area contributed by atoms with Crippen molar-refractivity contribution in [3.05, 3.63) is 21.9 Å². The summed E-state index contributed by atoms with van der Waals surface area (Å²) in [5, 5.41) is 2.96. The van der Waals surface area contributed by atoms with Gasteiger partial charge in [-0.2, -0.15) is 13.2 Å². The first-order valence-electron chi connectivity index (χ1n) is 8.35. The first-order valence-corrected chi connectivity index (χ1v) is 9.17. The highest BCUT2D eigenvalue weighted by molar-refractivity contribution is 7.12. The van der Waals surface area contributed by atoms with Crippen LogP contribution in [0.3, 0.4) is 0 Å². The molecule has 0 aromatic carbocycles. The zero-order chi connectivity index (χ0) is 18.4. The summed E-state index contributed by atoms with van der Waals surface area (Å²) in [6.45, 7) is 4.29. The van der Waals surface area contributed by atoms with E-state index >= 15 is 0 Å². The van der Waals surface area contributed by atoms with Crippen molar-refractivity contribution in [2.24, 2.45) is 5.92 Å². The second kappa shape index (κ2) is 6.30. The average Bonchev–Trinajstić information content (AvgIpc) is 3.11. The Hall–Kier alpha value is -1.57. The molecule has 138 valence electrons. The maximum atomic E-state index is 13.0. The summed E-state index contributed by atoms with van der Waals surface area (Å²) in [5.74, 6) is 0.0415. The number of rotatable bonds is 2. The van der Waals surface area contributed by atoms with Gasteiger partial charge in [0.1, 0.15) is 4.88 Å². The Morgan fingerprint density at radius 1 is 1.24 bits per heavy atom. The summed E-state index contributed by atoms with van der Waals surface area (Å²) in [6, 6.07) is 2.37. The third-order valence-electron chi connectivity index (χ3n) is 5.09. The number of alkyl halides is 3. The van der Waals surface area contributed by atoms with Gasteiger partial charge in [0.15, 0.2) is 0 Å². The summed E-state index contributed by atoms with van der Waals surface area (Å²) < 4.78 is 38.5. The first-order chi connectivity index (χ1) is 11.6. The highest BCUT2D eigenvalue weighted by atomic mass is 32.1. The van der Waals surface area contributed by atoms with E-state index in [-0.39, 0.29) is 23.8 Å². The predicted molar refractivity (Wildman–Crippen MR) is 88.2 cm³/mol. The van der Waals surface area contributed by atoms with Gasteiger partial charge in [0.05, 0.1) is 11.5 Å². The Balaban J connectivity index is 1.76. The Morgan fingerprint density at radius 2 is 1.92 bits per heavy atom. The van der Waals surface area contributed by atoms with Crippen LogP contribution in [0.15, 0.2) is 12.1 Å². The highest BCUT2D eigenvalue weighted by Gasteiger charge is 2.43. The van der Waals surface area contributed by atoms with Gasteiger partial charge in [0.25, 0.3) is 0 Å². The molecule has 3 rings (SSSR count). The molecule has 2 atom stereocenters. The van der Waals surface area contributed by atoms with Crippen molar-refractivity contribution in [2.45, 2.75) is 50.7 Å². The smallest absolute Gasteiger partial charge is 0.351 e. The number of hydrogen-bond acceptors (Lipinski definition) is 3. The van der Waals surface area contributed by atoms with E-state index in [1.54, 1.807) is 18.7 Å². The molecule has 0 aliphatic carbocycles. The molecule has 2 aliphatic rings. The molecule has 2 amide bonds. The zero-order valence-electron chi connectivity index (χ0n) is 14.2. The fraction of sp³-hybridized carbons (Fsp3) is 0.647. The van der Waals surface area contributed by atoms with E-state index < -0.39 is 16.5 Å². The van der Waals surface area contributed by atoms with Crippen molar-refractivity contribution in [3.8, 4) is 0 Å². The average molecular weight is 374 g/mol. The maximum Gasteiger partial charge on any atom is 0.425 e.